The molecule has 0 aromatic rings. The third kappa shape index (κ3) is 4.89. The number of allylic oxidation sites excluding steroid dienone is 4. The minimum absolute atomic E-state index is 0.683. The zero-order chi connectivity index (χ0) is 7.98. The Morgan fingerprint density at radius 2 is 1.90 bits per heavy atom. The van der Waals surface area contributed by atoms with E-state index < -0.39 is 0 Å². The lowest BCUT2D eigenvalue weighted by Gasteiger charge is -1.92. The van der Waals surface area contributed by atoms with Gasteiger partial charge in [-0.25, -0.2) is 0 Å². The molecule has 0 aromatic carbocycles. The fourth-order valence-electron chi connectivity index (χ4n) is 0.494. The van der Waals surface area contributed by atoms with E-state index in [1.165, 1.54) is 0 Å². The van der Waals surface area contributed by atoms with E-state index in [-0.39, 0.29) is 0 Å². The van der Waals surface area contributed by atoms with Crippen LogP contribution in [0.5, 0.6) is 0 Å². The van der Waals surface area contributed by atoms with Gasteiger partial charge in [-0.1, -0.05) is 42.3 Å². The van der Waals surface area contributed by atoms with Crippen molar-refractivity contribution in [2.45, 2.75) is 26.7 Å². The van der Waals surface area contributed by atoms with Crippen LogP contribution in [0.4, 0.5) is 0 Å². The Hall–Kier alpha value is 0.0600. The van der Waals surface area contributed by atoms with Crippen molar-refractivity contribution < 1.29 is 0 Å². The maximum absolute atomic E-state index is 5.75. The highest BCUT2D eigenvalue weighted by Crippen LogP contribution is 2.16. The lowest BCUT2D eigenvalue weighted by molar-refractivity contribution is 1.19. The van der Waals surface area contributed by atoms with Crippen molar-refractivity contribution in [2.75, 3.05) is 0 Å². The molecule has 0 aromatic heterocycles. The normalized spacial score (nSPS) is 14.0. The van der Waals surface area contributed by atoms with Gasteiger partial charge in [0.25, 0.3) is 0 Å². The zero-order valence-electron chi connectivity index (χ0n) is 6.32. The summed E-state index contributed by atoms with van der Waals surface area (Å²) >= 11 is 11.4. The van der Waals surface area contributed by atoms with Gasteiger partial charge in [0, 0.05) is 16.5 Å². The van der Waals surface area contributed by atoms with E-state index >= 15 is 0 Å². The second-order valence-electron chi connectivity index (χ2n) is 2.02. The summed E-state index contributed by atoms with van der Waals surface area (Å²) in [5.41, 5.74) is 0. The molecule has 0 spiro atoms. The van der Waals surface area contributed by atoms with Gasteiger partial charge in [0.2, 0.25) is 0 Å². The molecule has 0 aliphatic carbocycles. The standard InChI is InChI=1S/C8H12Cl2/c1-3-4-5-6-8(10)7(2)9/h4-5H,3,6H2,1-2H3/b5-4-,8-7-. The Morgan fingerprint density at radius 3 is 2.30 bits per heavy atom. The topological polar surface area (TPSA) is 0 Å². The van der Waals surface area contributed by atoms with Gasteiger partial charge >= 0.3 is 0 Å². The number of hydrogen-bond donors (Lipinski definition) is 0. The van der Waals surface area contributed by atoms with Gasteiger partial charge < -0.3 is 0 Å². The average molecular weight is 179 g/mol. The Balaban J connectivity index is 3.70. The van der Waals surface area contributed by atoms with Crippen LogP contribution in [0, 0.1) is 0 Å². The maximum atomic E-state index is 5.75. The number of halogens is 2. The summed E-state index contributed by atoms with van der Waals surface area (Å²) in [6.07, 6.45) is 5.90. The van der Waals surface area contributed by atoms with Crippen molar-refractivity contribution in [3.8, 4) is 0 Å². The number of rotatable bonds is 3. The predicted octanol–water partition coefficient (Wildman–Crippen LogP) is 4.05. The second kappa shape index (κ2) is 5.82. The highest BCUT2D eigenvalue weighted by Gasteiger charge is 1.91. The van der Waals surface area contributed by atoms with Crippen LogP contribution in [-0.2, 0) is 0 Å². The summed E-state index contributed by atoms with van der Waals surface area (Å²) in [7, 11) is 0. The molecular formula is C8H12Cl2. The molecule has 0 unspecified atom stereocenters. The third-order valence-corrected chi connectivity index (χ3v) is 1.84. The molecule has 0 radical (unpaired) electrons. The average Bonchev–Trinajstić information content (AvgIpc) is 1.88. The van der Waals surface area contributed by atoms with Crippen molar-refractivity contribution in [3.63, 3.8) is 0 Å². The summed E-state index contributed by atoms with van der Waals surface area (Å²) in [4.78, 5) is 0. The summed E-state index contributed by atoms with van der Waals surface area (Å²) in [6, 6.07) is 0. The van der Waals surface area contributed by atoms with Crippen molar-refractivity contribution in [3.05, 3.63) is 22.2 Å². The summed E-state index contributed by atoms with van der Waals surface area (Å²) in [5, 5.41) is 1.41. The Bertz CT molecular complexity index is 141. The largest absolute Gasteiger partial charge is 0.0884 e. The van der Waals surface area contributed by atoms with Gasteiger partial charge in [0.1, 0.15) is 0 Å². The Kier molecular flexibility index (Phi) is 5.85. The molecule has 0 bridgehead atoms. The molecule has 0 N–H and O–H groups in total. The van der Waals surface area contributed by atoms with Crippen LogP contribution in [0.25, 0.3) is 0 Å². The Morgan fingerprint density at radius 1 is 1.30 bits per heavy atom. The van der Waals surface area contributed by atoms with Gasteiger partial charge in [-0.2, -0.15) is 0 Å². The van der Waals surface area contributed by atoms with Gasteiger partial charge in [0.15, 0.2) is 0 Å². The van der Waals surface area contributed by atoms with E-state index in [2.05, 4.69) is 13.0 Å². The van der Waals surface area contributed by atoms with Gasteiger partial charge in [-0.15, -0.1) is 0 Å². The van der Waals surface area contributed by atoms with Gasteiger partial charge in [-0.3, -0.25) is 0 Å². The minimum Gasteiger partial charge on any atom is -0.0884 e. The van der Waals surface area contributed by atoms with Crippen LogP contribution in [0.1, 0.15) is 26.7 Å². The zero-order valence-corrected chi connectivity index (χ0v) is 7.84. The van der Waals surface area contributed by atoms with Gasteiger partial charge in [-0.05, 0) is 13.3 Å². The molecule has 0 heterocycles. The Labute approximate surface area is 72.5 Å². The maximum Gasteiger partial charge on any atom is 0.0360 e. The van der Waals surface area contributed by atoms with E-state index in [1.54, 1.807) is 6.92 Å². The molecule has 0 atom stereocenters. The van der Waals surface area contributed by atoms with E-state index in [9.17, 15) is 0 Å². The lowest BCUT2D eigenvalue weighted by atomic mass is 10.3. The molecule has 0 rings (SSSR count). The molecule has 2 heteroatoms. The first-order valence-electron chi connectivity index (χ1n) is 3.34. The van der Waals surface area contributed by atoms with Crippen LogP contribution in [-0.4, -0.2) is 0 Å². The first-order valence-corrected chi connectivity index (χ1v) is 4.09. The monoisotopic (exact) mass is 178 g/mol. The molecule has 0 saturated carbocycles. The molecule has 58 valence electrons. The molecular weight excluding hydrogens is 167 g/mol. The van der Waals surface area contributed by atoms with Crippen LogP contribution in [0.3, 0.4) is 0 Å². The molecule has 0 fully saturated rings. The summed E-state index contributed by atoms with van der Waals surface area (Å²) in [6.45, 7) is 3.88. The number of hydrogen-bond acceptors (Lipinski definition) is 0. The second-order valence-corrected chi connectivity index (χ2v) is 3.05. The summed E-state index contributed by atoms with van der Waals surface area (Å²) in [5.74, 6) is 0. The highest BCUT2D eigenvalue weighted by molar-refractivity contribution is 6.38. The van der Waals surface area contributed by atoms with E-state index in [1.807, 2.05) is 6.08 Å². The molecule has 0 saturated heterocycles. The van der Waals surface area contributed by atoms with E-state index in [4.69, 9.17) is 23.2 Å². The third-order valence-electron chi connectivity index (χ3n) is 1.07. The minimum atomic E-state index is 0.683. The van der Waals surface area contributed by atoms with Crippen molar-refractivity contribution in [2.24, 2.45) is 0 Å². The quantitative estimate of drug-likeness (QED) is 0.573. The fraction of sp³-hybridized carbons (Fsp3) is 0.500. The molecule has 0 aliphatic rings. The molecule has 0 nitrogen and oxygen atoms in total. The smallest absolute Gasteiger partial charge is 0.0360 e. The van der Waals surface area contributed by atoms with Gasteiger partial charge in [0.05, 0.1) is 0 Å². The lowest BCUT2D eigenvalue weighted by Crippen LogP contribution is -1.70. The first kappa shape index (κ1) is 10.1. The fourth-order valence-corrected chi connectivity index (χ4v) is 0.660. The molecule has 10 heavy (non-hydrogen) atoms. The van der Waals surface area contributed by atoms with Crippen molar-refractivity contribution >= 4 is 23.2 Å². The van der Waals surface area contributed by atoms with E-state index in [0.717, 1.165) is 17.9 Å². The predicted molar refractivity (Wildman–Crippen MR) is 48.5 cm³/mol. The van der Waals surface area contributed by atoms with Crippen molar-refractivity contribution in [1.82, 2.24) is 0 Å². The van der Waals surface area contributed by atoms with Crippen LogP contribution >= 0.6 is 23.2 Å². The summed E-state index contributed by atoms with van der Waals surface area (Å²) < 4.78 is 0. The van der Waals surface area contributed by atoms with Crippen molar-refractivity contribution in [1.29, 1.82) is 0 Å². The van der Waals surface area contributed by atoms with Crippen LogP contribution < -0.4 is 0 Å². The van der Waals surface area contributed by atoms with Crippen LogP contribution in [0.15, 0.2) is 22.2 Å². The SMILES string of the molecule is CC/C=C\C/C(Cl)=C(\C)Cl. The molecule has 0 amide bonds. The van der Waals surface area contributed by atoms with Crippen LogP contribution in [0.2, 0.25) is 0 Å². The first-order chi connectivity index (χ1) is 4.68. The highest BCUT2D eigenvalue weighted by atomic mass is 35.5. The van der Waals surface area contributed by atoms with E-state index in [0.29, 0.717) is 5.03 Å². The molecule has 0 aliphatic heterocycles.